The number of aliphatic hydroxyl groups excluding tert-OH is 1. The van der Waals surface area contributed by atoms with E-state index in [0.717, 1.165) is 16.7 Å². The molecule has 4 rings (SSSR count). The maximum absolute atomic E-state index is 12.8. The maximum Gasteiger partial charge on any atom is 0.339 e. The predicted molar refractivity (Wildman–Crippen MR) is 115 cm³/mol. The number of phenols is 1. The lowest BCUT2D eigenvalue weighted by Crippen LogP contribution is -2.39. The number of hydrogen-bond donors (Lipinski definition) is 3. The van der Waals surface area contributed by atoms with Crippen LogP contribution in [0.4, 0.5) is 0 Å². The number of rotatable bonds is 6. The third-order valence-corrected chi connectivity index (χ3v) is 5.39. The first-order chi connectivity index (χ1) is 15.0. The van der Waals surface area contributed by atoms with Crippen molar-refractivity contribution >= 4 is 11.9 Å². The van der Waals surface area contributed by atoms with Crippen molar-refractivity contribution in [2.24, 2.45) is 0 Å². The molecule has 0 fully saturated rings. The molecule has 0 aliphatic carbocycles. The SMILES string of the molecule is O=C(N[C@H](CO)Cc1ccc(O)cc1)c1ccc2c(c1)C[C@H](c1ccccc1)OC2=O. The fraction of sp³-hybridized carbons (Fsp3) is 0.200. The van der Waals surface area contributed by atoms with Crippen molar-refractivity contribution in [2.75, 3.05) is 6.61 Å². The minimum absolute atomic E-state index is 0.162. The van der Waals surface area contributed by atoms with Crippen LogP contribution in [0.5, 0.6) is 5.75 Å². The summed E-state index contributed by atoms with van der Waals surface area (Å²) in [6.45, 7) is -0.222. The number of phenolic OH excluding ortho intramolecular Hbond substituents is 1. The standard InChI is InChI=1S/C25H23NO5/c27-15-20(12-16-6-9-21(28)10-7-16)26-24(29)18-8-11-22-19(13-18)14-23(31-25(22)30)17-4-2-1-3-5-17/h1-11,13,20,23,27-28H,12,14-15H2,(H,26,29)/t20-,23+/m0/s1. The molecule has 3 aromatic rings. The molecule has 2 atom stereocenters. The molecular formula is C25H23NO5. The lowest BCUT2D eigenvalue weighted by molar-refractivity contribution is 0.0252. The summed E-state index contributed by atoms with van der Waals surface area (Å²) in [4.78, 5) is 25.2. The average molecular weight is 417 g/mol. The first-order valence-electron chi connectivity index (χ1n) is 10.1. The van der Waals surface area contributed by atoms with Crippen LogP contribution in [0.1, 0.15) is 43.5 Å². The van der Waals surface area contributed by atoms with Crippen molar-refractivity contribution in [1.82, 2.24) is 5.32 Å². The Bertz CT molecular complexity index is 1080. The minimum atomic E-state index is -0.477. The second-order valence-electron chi connectivity index (χ2n) is 7.60. The number of carbonyl (C=O) groups is 2. The highest BCUT2D eigenvalue weighted by Gasteiger charge is 2.28. The third-order valence-electron chi connectivity index (χ3n) is 5.39. The molecule has 0 bridgehead atoms. The second-order valence-corrected chi connectivity index (χ2v) is 7.60. The van der Waals surface area contributed by atoms with Crippen molar-refractivity contribution in [3.8, 4) is 5.75 Å². The molecule has 0 spiro atoms. The molecule has 31 heavy (non-hydrogen) atoms. The van der Waals surface area contributed by atoms with E-state index in [1.807, 2.05) is 30.3 Å². The van der Waals surface area contributed by atoms with Crippen molar-refractivity contribution in [1.29, 1.82) is 0 Å². The molecule has 158 valence electrons. The molecule has 3 aromatic carbocycles. The van der Waals surface area contributed by atoms with E-state index < -0.39 is 12.0 Å². The minimum Gasteiger partial charge on any atom is -0.508 e. The number of hydrogen-bond acceptors (Lipinski definition) is 5. The topological polar surface area (TPSA) is 95.9 Å². The maximum atomic E-state index is 12.8. The Balaban J connectivity index is 1.49. The van der Waals surface area contributed by atoms with Crippen LogP contribution in [0.25, 0.3) is 0 Å². The lowest BCUT2D eigenvalue weighted by Gasteiger charge is -2.25. The molecule has 0 saturated carbocycles. The first-order valence-corrected chi connectivity index (χ1v) is 10.1. The van der Waals surface area contributed by atoms with Crippen molar-refractivity contribution < 1.29 is 24.5 Å². The number of aromatic hydroxyl groups is 1. The quantitative estimate of drug-likeness (QED) is 0.536. The largest absolute Gasteiger partial charge is 0.508 e. The van der Waals surface area contributed by atoms with Gasteiger partial charge < -0.3 is 20.3 Å². The third kappa shape index (κ3) is 4.75. The lowest BCUT2D eigenvalue weighted by atomic mass is 9.93. The van der Waals surface area contributed by atoms with Crippen LogP contribution in [0.15, 0.2) is 72.8 Å². The molecule has 0 aromatic heterocycles. The number of ether oxygens (including phenoxy) is 1. The van der Waals surface area contributed by atoms with Crippen LogP contribution in [0.2, 0.25) is 0 Å². The van der Waals surface area contributed by atoms with Gasteiger partial charge in [-0.05, 0) is 53.4 Å². The van der Waals surface area contributed by atoms with E-state index in [1.54, 1.807) is 42.5 Å². The molecular weight excluding hydrogens is 394 g/mol. The Morgan fingerprint density at radius 1 is 1.06 bits per heavy atom. The van der Waals surface area contributed by atoms with Gasteiger partial charge in [0.25, 0.3) is 5.91 Å². The van der Waals surface area contributed by atoms with Crippen LogP contribution < -0.4 is 5.32 Å². The van der Waals surface area contributed by atoms with Gasteiger partial charge in [-0.2, -0.15) is 0 Å². The second kappa shape index (κ2) is 9.02. The number of aliphatic hydroxyl groups is 1. The van der Waals surface area contributed by atoms with E-state index in [0.29, 0.717) is 24.0 Å². The van der Waals surface area contributed by atoms with Crippen molar-refractivity contribution in [2.45, 2.75) is 25.0 Å². The van der Waals surface area contributed by atoms with Crippen LogP contribution >= 0.6 is 0 Å². The highest BCUT2D eigenvalue weighted by atomic mass is 16.5. The van der Waals surface area contributed by atoms with Gasteiger partial charge in [-0.3, -0.25) is 4.79 Å². The van der Waals surface area contributed by atoms with Crippen LogP contribution in [0, 0.1) is 0 Å². The summed E-state index contributed by atoms with van der Waals surface area (Å²) in [6.07, 6.45) is 0.526. The van der Waals surface area contributed by atoms with Gasteiger partial charge in [-0.25, -0.2) is 4.79 Å². The van der Waals surface area contributed by atoms with Gasteiger partial charge in [0.05, 0.1) is 18.2 Å². The molecule has 1 amide bonds. The van der Waals surface area contributed by atoms with E-state index in [4.69, 9.17) is 4.74 Å². The van der Waals surface area contributed by atoms with E-state index >= 15 is 0 Å². The molecule has 0 unspecified atom stereocenters. The molecule has 0 saturated heterocycles. The van der Waals surface area contributed by atoms with Crippen LogP contribution in [-0.4, -0.2) is 34.7 Å². The zero-order valence-electron chi connectivity index (χ0n) is 16.8. The Hall–Kier alpha value is -3.64. The normalized spacial score (nSPS) is 16.2. The summed E-state index contributed by atoms with van der Waals surface area (Å²) in [5.74, 6) is -0.562. The van der Waals surface area contributed by atoms with Gasteiger partial charge in [-0.15, -0.1) is 0 Å². The van der Waals surface area contributed by atoms with Crippen LogP contribution in [-0.2, 0) is 17.6 Å². The van der Waals surface area contributed by atoms with Gasteiger partial charge in [0, 0.05) is 12.0 Å². The average Bonchev–Trinajstić information content (AvgIpc) is 2.80. The fourth-order valence-electron chi connectivity index (χ4n) is 3.74. The monoisotopic (exact) mass is 417 g/mol. The summed E-state index contributed by atoms with van der Waals surface area (Å²) >= 11 is 0. The summed E-state index contributed by atoms with van der Waals surface area (Å²) in [5, 5.41) is 21.9. The zero-order chi connectivity index (χ0) is 21.8. The Kier molecular flexibility index (Phi) is 6.00. The molecule has 1 aliphatic rings. The molecule has 6 heteroatoms. The summed E-state index contributed by atoms with van der Waals surface area (Å²) in [6, 6.07) is 20.6. The number of cyclic esters (lactones) is 1. The Morgan fingerprint density at radius 3 is 2.52 bits per heavy atom. The smallest absolute Gasteiger partial charge is 0.339 e. The summed E-state index contributed by atoms with van der Waals surface area (Å²) in [7, 11) is 0. The van der Waals surface area contributed by atoms with Gasteiger partial charge in [0.2, 0.25) is 0 Å². The first kappa shape index (κ1) is 20.6. The molecule has 3 N–H and O–H groups in total. The fourth-order valence-corrected chi connectivity index (χ4v) is 3.74. The molecule has 6 nitrogen and oxygen atoms in total. The van der Waals surface area contributed by atoms with Crippen molar-refractivity contribution in [3.05, 3.63) is 101 Å². The Morgan fingerprint density at radius 2 is 1.81 bits per heavy atom. The number of esters is 1. The highest BCUT2D eigenvalue weighted by Crippen LogP contribution is 2.31. The molecule has 0 radical (unpaired) electrons. The van der Waals surface area contributed by atoms with Gasteiger partial charge >= 0.3 is 5.97 Å². The number of amides is 1. The molecule has 1 aliphatic heterocycles. The van der Waals surface area contributed by atoms with E-state index in [9.17, 15) is 19.8 Å². The highest BCUT2D eigenvalue weighted by molar-refractivity contribution is 5.98. The van der Waals surface area contributed by atoms with E-state index in [1.165, 1.54) is 0 Å². The van der Waals surface area contributed by atoms with Gasteiger partial charge in [0.15, 0.2) is 0 Å². The number of fused-ring (bicyclic) bond motifs is 1. The number of benzene rings is 3. The summed E-state index contributed by atoms with van der Waals surface area (Å²) in [5.41, 5.74) is 3.44. The Labute approximate surface area is 180 Å². The summed E-state index contributed by atoms with van der Waals surface area (Å²) < 4.78 is 5.57. The number of carbonyl (C=O) groups excluding carboxylic acids is 2. The van der Waals surface area contributed by atoms with Gasteiger partial charge in [0.1, 0.15) is 11.9 Å². The van der Waals surface area contributed by atoms with E-state index in [-0.39, 0.29) is 24.4 Å². The van der Waals surface area contributed by atoms with Gasteiger partial charge in [-0.1, -0.05) is 42.5 Å². The van der Waals surface area contributed by atoms with Crippen molar-refractivity contribution in [3.63, 3.8) is 0 Å². The zero-order valence-corrected chi connectivity index (χ0v) is 16.8. The number of nitrogens with one attached hydrogen (secondary N) is 1. The van der Waals surface area contributed by atoms with E-state index in [2.05, 4.69) is 5.32 Å². The molecule has 1 heterocycles. The predicted octanol–water partition coefficient (Wildman–Crippen LogP) is 3.18. The van der Waals surface area contributed by atoms with Crippen LogP contribution in [0.3, 0.4) is 0 Å².